The summed E-state index contributed by atoms with van der Waals surface area (Å²) in [6.07, 6.45) is 0. The fraction of sp³-hybridized carbons (Fsp3) is 0.0500. The average Bonchev–Trinajstić information content (AvgIpc) is 3.30. The van der Waals surface area contributed by atoms with Crippen molar-refractivity contribution < 1.29 is 230 Å². The second-order valence-electron chi connectivity index (χ2n) is 15.3. The number of fused-ring (bicyclic) bond motifs is 1. The van der Waals surface area contributed by atoms with Crippen LogP contribution in [0.2, 0.25) is 5.28 Å². The molecule has 0 aliphatic carbocycles. The monoisotopic (exact) mass is 1310 g/mol. The zero-order valence-electron chi connectivity index (χ0n) is 42.6. The number of aromatic nitrogens is 3. The van der Waals surface area contributed by atoms with Gasteiger partial charge in [-0.25, -0.2) is 50.5 Å². The molecular weight excluding hydrogens is 1280 g/mol. The van der Waals surface area contributed by atoms with E-state index >= 15 is 0 Å². The summed E-state index contributed by atoms with van der Waals surface area (Å²) >= 11 is 6.16. The summed E-state index contributed by atoms with van der Waals surface area (Å²) in [5, 5.41) is 19.3. The normalized spacial score (nSPS) is 12.1. The van der Waals surface area contributed by atoms with Crippen LogP contribution in [-0.4, -0.2) is 106 Å². The Kier molecular flexibility index (Phi) is 27.5. The van der Waals surface area contributed by atoms with Crippen LogP contribution in [0.25, 0.3) is 21.9 Å². The van der Waals surface area contributed by atoms with Crippen molar-refractivity contribution in [1.82, 2.24) is 15.0 Å². The van der Waals surface area contributed by atoms with Gasteiger partial charge in [0.1, 0.15) is 51.8 Å². The van der Waals surface area contributed by atoms with E-state index in [2.05, 4.69) is 50.2 Å². The summed E-state index contributed by atoms with van der Waals surface area (Å²) in [6, 6.07) is 17.7. The molecule has 0 aliphatic rings. The van der Waals surface area contributed by atoms with Crippen molar-refractivity contribution in [2.75, 3.05) is 28.7 Å². The largest absolute Gasteiger partial charge is 1.00 e. The molecule has 0 bridgehead atoms. The van der Waals surface area contributed by atoms with Gasteiger partial charge in [0, 0.05) is 33.6 Å². The van der Waals surface area contributed by atoms with Crippen molar-refractivity contribution in [2.24, 2.45) is 26.2 Å². The van der Waals surface area contributed by atoms with Crippen molar-refractivity contribution in [2.45, 2.75) is 24.5 Å². The summed E-state index contributed by atoms with van der Waals surface area (Å²) in [6.45, 7) is -1.03. The molecule has 42 heteroatoms. The van der Waals surface area contributed by atoms with Gasteiger partial charge in [-0.05, 0) is 102 Å². The second kappa shape index (κ2) is 29.9. The number of carbonyl (C=O) groups is 1. The van der Waals surface area contributed by atoms with E-state index in [1.165, 1.54) is 48.5 Å². The molecule has 7 rings (SSSR count). The summed E-state index contributed by atoms with van der Waals surface area (Å²) in [4.78, 5) is 19.6. The van der Waals surface area contributed by atoms with Crippen molar-refractivity contribution in [3.8, 4) is 11.1 Å². The molecule has 0 unspecified atom stereocenters. The molecule has 1 aromatic heterocycles. The summed E-state index contributed by atoms with van der Waals surface area (Å²) in [5.41, 5.74) is 9.33. The first-order valence-corrected chi connectivity index (χ1v) is 29.3. The van der Waals surface area contributed by atoms with E-state index in [1.807, 2.05) is 0 Å². The van der Waals surface area contributed by atoms with Gasteiger partial charge in [0.05, 0.1) is 53.8 Å². The number of anilines is 5. The van der Waals surface area contributed by atoms with Crippen LogP contribution in [0.5, 0.6) is 0 Å². The third-order valence-corrected chi connectivity index (χ3v) is 15.9. The predicted molar refractivity (Wildman–Crippen MR) is 261 cm³/mol. The number of halogens is 1. The number of nitrogens with one attached hydrogen (secondary N) is 2. The van der Waals surface area contributed by atoms with Gasteiger partial charge in [0.25, 0.3) is 5.91 Å². The van der Waals surface area contributed by atoms with Gasteiger partial charge in [0.15, 0.2) is 9.84 Å². The smallest absolute Gasteiger partial charge is 0.744 e. The quantitative estimate of drug-likeness (QED) is 0.0192. The van der Waals surface area contributed by atoms with Gasteiger partial charge in [-0.2, -0.15) is 20.1 Å². The molecule has 7 aromatic rings. The number of sulfone groups is 1. The van der Waals surface area contributed by atoms with Crippen molar-refractivity contribution in [1.29, 1.82) is 0 Å². The van der Waals surface area contributed by atoms with Crippen LogP contribution in [0, 0.1) is 0 Å². The van der Waals surface area contributed by atoms with Crippen LogP contribution in [0.1, 0.15) is 10.4 Å². The number of carbonyl (C=O) groups excluding carboxylic acids is 1. The molecule has 1 heterocycles. The van der Waals surface area contributed by atoms with Gasteiger partial charge in [-0.3, -0.25) is 8.98 Å². The first-order valence-electron chi connectivity index (χ1n) is 20.3. The molecule has 6 aromatic carbocycles. The van der Waals surface area contributed by atoms with Crippen molar-refractivity contribution in [3.63, 3.8) is 0 Å². The molecule has 0 fully saturated rings. The van der Waals surface area contributed by atoms with E-state index in [0.29, 0.717) is 23.9 Å². The molecule has 30 nitrogen and oxygen atoms in total. The van der Waals surface area contributed by atoms with Crippen LogP contribution < -0.4 is 170 Å². The molecule has 0 aliphatic heterocycles. The number of nitrogens with zero attached hydrogens (tertiary/aromatic N) is 7. The minimum absolute atomic E-state index is 0. The summed E-state index contributed by atoms with van der Waals surface area (Å²) < 4.78 is 208. The molecule has 0 spiro atoms. The van der Waals surface area contributed by atoms with E-state index < -0.39 is 131 Å². The molecule has 1 amide bonds. The average molecular weight is 1310 g/mol. The molecule has 6 N–H and O–H groups in total. The van der Waals surface area contributed by atoms with Crippen LogP contribution >= 0.6 is 11.6 Å². The van der Waals surface area contributed by atoms with Crippen molar-refractivity contribution in [3.05, 3.63) is 114 Å². The number of nitrogen functional groups attached to an aromatic ring is 1. The molecular formula is C40H27ClN11Na5O19S6. The number of amides is 1. The van der Waals surface area contributed by atoms with Gasteiger partial charge >= 0.3 is 148 Å². The standard InChI is InChI=1S/C40H32ClN11O19S6.5Na/c41-38-46-39(44-21-5-7-22(8-6-21)49-51-32-19-29(42)27(18-36(32)76(65,66)67)25-3-1-2-4-33(25)72(54,55)12-11-71-77(68,69)70)48-40(47-38)45-23-9-10-30(28(15-23)37(43)53)50-52-31-17-26-20(14-35(31)75(62,63)64)13-24(73(56,57)58)16-34(26)74(59,60)61;;;;;/h1-10,13-19H,11-12,42H2,(H2,43,53)(H,56,57,58)(H,59,60,61)(H,62,63,64)(H,65,66,67)(H,68,69,70)(H2,44,45,46,47,48);;;;;/q;5*+1/p-5. The maximum Gasteiger partial charge on any atom is 1.00 e. The van der Waals surface area contributed by atoms with Gasteiger partial charge in [-0.15, -0.1) is 15.3 Å². The SMILES string of the molecule is NC(=O)c1cc(Nc2nc(Cl)nc(Nc3ccc(N=Nc4cc(N)c(-c5ccccc5S(=O)(=O)CCOS(=O)(=O)[O-])cc4S(=O)(=O)[O-])cc3)n2)ccc1N=Nc1cc2c(S(=O)(=O)[O-])cc(S(=O)(=O)[O-])cc2cc1S(=O)(=O)[O-].[Na+].[Na+].[Na+].[Na+].[Na+]. The minimum atomic E-state index is -5.55. The van der Waals surface area contributed by atoms with Gasteiger partial charge < -0.3 is 44.9 Å². The Hall–Kier alpha value is -2.59. The summed E-state index contributed by atoms with van der Waals surface area (Å²) in [7, 11) is -31.4. The third-order valence-electron chi connectivity index (χ3n) is 10.1. The molecule has 0 saturated heterocycles. The minimum Gasteiger partial charge on any atom is -0.744 e. The van der Waals surface area contributed by atoms with E-state index in [-0.39, 0.29) is 205 Å². The molecule has 404 valence electrons. The number of benzene rings is 6. The predicted octanol–water partition coefficient (Wildman–Crippen LogP) is -10.8. The Morgan fingerprint density at radius 2 is 1.07 bits per heavy atom. The van der Waals surface area contributed by atoms with E-state index in [4.69, 9.17) is 23.1 Å². The number of azo groups is 2. The van der Waals surface area contributed by atoms with Crippen LogP contribution in [0.3, 0.4) is 0 Å². The Morgan fingerprint density at radius 3 is 1.63 bits per heavy atom. The first kappa shape index (κ1) is 75.5. The molecule has 0 radical (unpaired) electrons. The Morgan fingerprint density at radius 1 is 0.549 bits per heavy atom. The van der Waals surface area contributed by atoms with Gasteiger partial charge in [0.2, 0.25) is 27.6 Å². The molecule has 0 atom stereocenters. The molecule has 0 saturated carbocycles. The number of rotatable bonds is 19. The van der Waals surface area contributed by atoms with E-state index in [9.17, 15) is 78.1 Å². The number of hydrogen-bond acceptors (Lipinski definition) is 29. The Balaban J connectivity index is 0.00000459. The van der Waals surface area contributed by atoms with Crippen molar-refractivity contribution >= 4 is 141 Å². The number of primary amides is 1. The van der Waals surface area contributed by atoms with E-state index in [0.717, 1.165) is 30.3 Å². The zero-order chi connectivity index (χ0) is 56.6. The maximum absolute atomic E-state index is 13.1. The maximum atomic E-state index is 13.1. The second-order valence-corrected chi connectivity index (χ2v) is 24.2. The topological polar surface area (TPSA) is 511 Å². The fourth-order valence-electron chi connectivity index (χ4n) is 6.81. The number of hydrogen-bond donors (Lipinski definition) is 4. The first-order chi connectivity index (χ1) is 35.7. The fourth-order valence-corrected chi connectivity index (χ4v) is 11.3. The number of nitrogens with two attached hydrogens (primary N) is 2. The van der Waals surface area contributed by atoms with Crippen LogP contribution in [-0.2, 0) is 64.9 Å². The zero-order valence-corrected chi connectivity index (χ0v) is 58.3. The molecule has 82 heavy (non-hydrogen) atoms. The van der Waals surface area contributed by atoms with Crippen LogP contribution in [0.15, 0.2) is 148 Å². The third kappa shape index (κ3) is 19.7. The van der Waals surface area contributed by atoms with Gasteiger partial charge in [-0.1, -0.05) is 18.2 Å². The van der Waals surface area contributed by atoms with Crippen LogP contribution in [0.4, 0.5) is 51.7 Å². The Bertz CT molecular complexity index is 4390. The van der Waals surface area contributed by atoms with E-state index in [1.54, 1.807) is 0 Å². The summed E-state index contributed by atoms with van der Waals surface area (Å²) in [5.74, 6) is -2.52. The Labute approximate surface area is 581 Å².